The average molecular weight is 293 g/mol. The third-order valence-electron chi connectivity index (χ3n) is 1.82. The number of carbonyl (C=O) groups is 1. The highest BCUT2D eigenvalue weighted by atomic mass is 79.9. The maximum absolute atomic E-state index is 11.0. The van der Waals surface area contributed by atoms with Crippen molar-refractivity contribution in [2.45, 2.75) is 12.3 Å². The molecule has 0 amide bonds. The SMILES string of the molecule is CC(=O)C(Cl)c1ccc([N+](=O)[O-])cc1Br. The second-order valence-corrected chi connectivity index (χ2v) is 4.23. The Morgan fingerprint density at radius 2 is 2.20 bits per heavy atom. The minimum Gasteiger partial charge on any atom is -0.298 e. The van der Waals surface area contributed by atoms with Crippen molar-refractivity contribution in [3.05, 3.63) is 38.3 Å². The highest BCUT2D eigenvalue weighted by molar-refractivity contribution is 9.10. The van der Waals surface area contributed by atoms with E-state index in [1.54, 1.807) is 0 Å². The van der Waals surface area contributed by atoms with E-state index < -0.39 is 10.3 Å². The summed E-state index contributed by atoms with van der Waals surface area (Å²) < 4.78 is 0.465. The largest absolute Gasteiger partial charge is 0.298 e. The number of hydrogen-bond acceptors (Lipinski definition) is 3. The zero-order valence-corrected chi connectivity index (χ0v) is 10.1. The molecule has 0 spiro atoms. The molecule has 0 saturated heterocycles. The van der Waals surface area contributed by atoms with Crippen LogP contribution in [0.15, 0.2) is 22.7 Å². The van der Waals surface area contributed by atoms with Gasteiger partial charge in [0.05, 0.1) is 4.92 Å². The molecule has 0 aliphatic carbocycles. The predicted molar refractivity (Wildman–Crippen MR) is 60.1 cm³/mol. The molecule has 0 aliphatic rings. The van der Waals surface area contributed by atoms with Gasteiger partial charge in [-0.15, -0.1) is 11.6 Å². The normalized spacial score (nSPS) is 12.2. The molecule has 6 heteroatoms. The molecule has 1 rings (SSSR count). The Balaban J connectivity index is 3.13. The van der Waals surface area contributed by atoms with Crippen molar-refractivity contribution >= 4 is 39.0 Å². The molecule has 15 heavy (non-hydrogen) atoms. The maximum atomic E-state index is 11.0. The fraction of sp³-hybridized carbons (Fsp3) is 0.222. The van der Waals surface area contributed by atoms with Gasteiger partial charge in [0.15, 0.2) is 5.78 Å². The van der Waals surface area contributed by atoms with Gasteiger partial charge in [-0.2, -0.15) is 0 Å². The van der Waals surface area contributed by atoms with Crippen molar-refractivity contribution in [1.29, 1.82) is 0 Å². The molecule has 0 N–H and O–H groups in total. The molecule has 0 saturated carbocycles. The van der Waals surface area contributed by atoms with E-state index in [-0.39, 0.29) is 11.5 Å². The number of benzene rings is 1. The van der Waals surface area contributed by atoms with Gasteiger partial charge in [0.1, 0.15) is 5.38 Å². The van der Waals surface area contributed by atoms with Crippen LogP contribution >= 0.6 is 27.5 Å². The third kappa shape index (κ3) is 2.76. The fourth-order valence-electron chi connectivity index (χ4n) is 1.05. The van der Waals surface area contributed by atoms with Crippen LogP contribution in [0.4, 0.5) is 5.69 Å². The summed E-state index contributed by atoms with van der Waals surface area (Å²) in [5, 5.41) is 9.68. The van der Waals surface area contributed by atoms with Gasteiger partial charge in [-0.1, -0.05) is 15.9 Å². The Morgan fingerprint density at radius 3 is 2.60 bits per heavy atom. The summed E-state index contributed by atoms with van der Waals surface area (Å²) in [7, 11) is 0. The predicted octanol–water partition coefficient (Wildman–Crippen LogP) is 3.23. The van der Waals surface area contributed by atoms with Crippen LogP contribution in [-0.4, -0.2) is 10.7 Å². The van der Waals surface area contributed by atoms with Crippen LogP contribution < -0.4 is 0 Å². The fourth-order valence-corrected chi connectivity index (χ4v) is 1.97. The van der Waals surface area contributed by atoms with Crippen LogP contribution in [0.1, 0.15) is 17.9 Å². The minimum atomic E-state index is -0.778. The van der Waals surface area contributed by atoms with E-state index in [1.165, 1.54) is 25.1 Å². The summed E-state index contributed by atoms with van der Waals surface area (Å²) in [5.41, 5.74) is 0.493. The van der Waals surface area contributed by atoms with Gasteiger partial charge in [-0.3, -0.25) is 14.9 Å². The van der Waals surface area contributed by atoms with Gasteiger partial charge < -0.3 is 0 Å². The Hall–Kier alpha value is -0.940. The van der Waals surface area contributed by atoms with Crippen LogP contribution in [0.2, 0.25) is 0 Å². The molecular formula is C9H7BrClNO3. The van der Waals surface area contributed by atoms with Crippen LogP contribution in [0, 0.1) is 10.1 Å². The number of halogens is 2. The second kappa shape index (κ2) is 4.72. The van der Waals surface area contributed by atoms with Gasteiger partial charge >= 0.3 is 0 Å². The number of nitro benzene ring substituents is 1. The van der Waals surface area contributed by atoms with Crippen LogP contribution in [0.5, 0.6) is 0 Å². The highest BCUT2D eigenvalue weighted by Crippen LogP contribution is 2.31. The lowest BCUT2D eigenvalue weighted by Gasteiger charge is -2.07. The quantitative estimate of drug-likeness (QED) is 0.488. The van der Waals surface area contributed by atoms with E-state index in [1.807, 2.05) is 0 Å². The minimum absolute atomic E-state index is 0.0435. The number of hydrogen-bond donors (Lipinski definition) is 0. The smallest absolute Gasteiger partial charge is 0.270 e. The molecule has 4 nitrogen and oxygen atoms in total. The Bertz CT molecular complexity index is 422. The summed E-state index contributed by atoms with van der Waals surface area (Å²) in [6.07, 6.45) is 0. The Labute approximate surface area is 99.5 Å². The first-order valence-electron chi connectivity index (χ1n) is 4.02. The maximum Gasteiger partial charge on any atom is 0.270 e. The molecular weight excluding hydrogens is 285 g/mol. The van der Waals surface area contributed by atoms with Crippen molar-refractivity contribution in [2.75, 3.05) is 0 Å². The number of nitrogens with zero attached hydrogens (tertiary/aromatic N) is 1. The zero-order valence-electron chi connectivity index (χ0n) is 7.74. The van der Waals surface area contributed by atoms with E-state index in [4.69, 9.17) is 11.6 Å². The number of Topliss-reactive ketones (excluding diaryl/α,β-unsaturated/α-hetero) is 1. The van der Waals surface area contributed by atoms with Crippen LogP contribution in [-0.2, 0) is 4.79 Å². The van der Waals surface area contributed by atoms with Crippen molar-refractivity contribution in [1.82, 2.24) is 0 Å². The van der Waals surface area contributed by atoms with Gasteiger partial charge in [-0.05, 0) is 18.6 Å². The first kappa shape index (κ1) is 12.1. The monoisotopic (exact) mass is 291 g/mol. The summed E-state index contributed by atoms with van der Waals surface area (Å²) in [5.74, 6) is -0.203. The van der Waals surface area contributed by atoms with Crippen molar-refractivity contribution in [3.63, 3.8) is 0 Å². The third-order valence-corrected chi connectivity index (χ3v) is 3.05. The molecule has 0 aliphatic heterocycles. The zero-order chi connectivity index (χ0) is 11.6. The molecule has 1 aromatic carbocycles. The molecule has 0 bridgehead atoms. The number of non-ortho nitro benzene ring substituents is 1. The summed E-state index contributed by atoms with van der Waals surface area (Å²) in [6.45, 7) is 1.37. The van der Waals surface area contributed by atoms with Gasteiger partial charge in [0, 0.05) is 16.6 Å². The number of alkyl halides is 1. The molecule has 1 aromatic rings. The number of ketones is 1. The van der Waals surface area contributed by atoms with E-state index in [9.17, 15) is 14.9 Å². The average Bonchev–Trinajstić information content (AvgIpc) is 2.16. The molecule has 0 radical (unpaired) electrons. The van der Waals surface area contributed by atoms with Gasteiger partial charge in [-0.25, -0.2) is 0 Å². The number of carbonyl (C=O) groups excluding carboxylic acids is 1. The van der Waals surface area contributed by atoms with Crippen molar-refractivity contribution < 1.29 is 9.72 Å². The molecule has 0 aromatic heterocycles. The molecule has 0 fully saturated rings. The summed E-state index contributed by atoms with van der Waals surface area (Å²) >= 11 is 8.97. The van der Waals surface area contributed by atoms with Gasteiger partial charge in [0.25, 0.3) is 5.69 Å². The molecule has 1 unspecified atom stereocenters. The van der Waals surface area contributed by atoms with E-state index >= 15 is 0 Å². The topological polar surface area (TPSA) is 60.2 Å². The summed E-state index contributed by atoms with van der Waals surface area (Å²) in [4.78, 5) is 21.0. The van der Waals surface area contributed by atoms with Crippen molar-refractivity contribution in [2.24, 2.45) is 0 Å². The highest BCUT2D eigenvalue weighted by Gasteiger charge is 2.18. The lowest BCUT2D eigenvalue weighted by atomic mass is 10.1. The Morgan fingerprint density at radius 1 is 1.60 bits per heavy atom. The molecule has 1 atom stereocenters. The van der Waals surface area contributed by atoms with Crippen molar-refractivity contribution in [3.8, 4) is 0 Å². The number of rotatable bonds is 3. The van der Waals surface area contributed by atoms with E-state index in [0.29, 0.717) is 10.0 Å². The lowest BCUT2D eigenvalue weighted by molar-refractivity contribution is -0.384. The molecule has 0 heterocycles. The van der Waals surface area contributed by atoms with Crippen LogP contribution in [0.25, 0.3) is 0 Å². The lowest BCUT2D eigenvalue weighted by Crippen LogP contribution is -2.02. The van der Waals surface area contributed by atoms with E-state index in [2.05, 4.69) is 15.9 Å². The molecule has 80 valence electrons. The first-order valence-corrected chi connectivity index (χ1v) is 5.24. The summed E-state index contributed by atoms with van der Waals surface area (Å²) in [6, 6.07) is 4.12. The first-order chi connectivity index (χ1) is 6.93. The van der Waals surface area contributed by atoms with Gasteiger partial charge in [0.2, 0.25) is 0 Å². The number of nitro groups is 1. The van der Waals surface area contributed by atoms with E-state index in [0.717, 1.165) is 0 Å². The Kier molecular flexibility index (Phi) is 3.82. The standard InChI is InChI=1S/C9H7BrClNO3/c1-5(13)9(11)7-3-2-6(12(14)15)4-8(7)10/h2-4,9H,1H3. The van der Waals surface area contributed by atoms with Crippen LogP contribution in [0.3, 0.4) is 0 Å². The second-order valence-electron chi connectivity index (χ2n) is 2.94.